The van der Waals surface area contributed by atoms with E-state index < -0.39 is 5.60 Å². The summed E-state index contributed by atoms with van der Waals surface area (Å²) >= 11 is 0. The smallest absolute Gasteiger partial charge is 0.410 e. The maximum atomic E-state index is 12.2. The van der Waals surface area contributed by atoms with Crippen molar-refractivity contribution in [2.45, 2.75) is 70.4 Å². The van der Waals surface area contributed by atoms with Crippen molar-refractivity contribution < 1.29 is 19.0 Å². The molecule has 2 fully saturated rings. The Balaban J connectivity index is 1.90. The quantitative estimate of drug-likeness (QED) is 0.860. The lowest BCUT2D eigenvalue weighted by Gasteiger charge is -2.31. The Morgan fingerprint density at radius 3 is 2.64 bits per heavy atom. The van der Waals surface area contributed by atoms with E-state index in [1.54, 1.807) is 12.0 Å². The van der Waals surface area contributed by atoms with Crippen molar-refractivity contribution >= 4 is 6.09 Å². The number of hydrogen-bond donors (Lipinski definition) is 1. The lowest BCUT2D eigenvalue weighted by molar-refractivity contribution is 0.00623. The van der Waals surface area contributed by atoms with Crippen LogP contribution in [0, 0.1) is 0 Å². The van der Waals surface area contributed by atoms with Gasteiger partial charge in [0, 0.05) is 26.3 Å². The summed E-state index contributed by atoms with van der Waals surface area (Å²) in [6, 6.07) is 0.567. The molecule has 22 heavy (non-hydrogen) atoms. The zero-order chi connectivity index (χ0) is 16.3. The molecule has 2 aliphatic heterocycles. The van der Waals surface area contributed by atoms with Gasteiger partial charge in [0.1, 0.15) is 5.60 Å². The maximum absolute atomic E-state index is 12.2. The van der Waals surface area contributed by atoms with Crippen LogP contribution in [0.3, 0.4) is 0 Å². The molecule has 0 aromatic rings. The predicted octanol–water partition coefficient (Wildman–Crippen LogP) is 1.78. The van der Waals surface area contributed by atoms with E-state index in [0.29, 0.717) is 19.1 Å². The first-order valence-corrected chi connectivity index (χ1v) is 8.17. The molecule has 128 valence electrons. The zero-order valence-electron chi connectivity index (χ0n) is 14.4. The van der Waals surface area contributed by atoms with E-state index in [0.717, 1.165) is 19.4 Å². The third-order valence-corrected chi connectivity index (χ3v) is 4.16. The minimum absolute atomic E-state index is 0.00525. The number of ether oxygens (including phenoxy) is 3. The molecule has 0 aliphatic carbocycles. The Bertz CT molecular complexity index is 383. The van der Waals surface area contributed by atoms with Gasteiger partial charge in [-0.25, -0.2) is 4.79 Å². The van der Waals surface area contributed by atoms with E-state index in [1.807, 2.05) is 20.8 Å². The van der Waals surface area contributed by atoms with E-state index >= 15 is 0 Å². The number of rotatable bonds is 3. The van der Waals surface area contributed by atoms with Crippen molar-refractivity contribution in [2.75, 3.05) is 26.8 Å². The number of methoxy groups -OCH3 is 1. The van der Waals surface area contributed by atoms with Crippen LogP contribution in [0.1, 0.15) is 40.5 Å². The van der Waals surface area contributed by atoms with Crippen molar-refractivity contribution in [3.05, 3.63) is 0 Å². The van der Waals surface area contributed by atoms with E-state index in [1.165, 1.54) is 0 Å². The Hall–Kier alpha value is -0.850. The highest BCUT2D eigenvalue weighted by Crippen LogP contribution is 2.20. The lowest BCUT2D eigenvalue weighted by atomic mass is 10.0. The second kappa shape index (κ2) is 7.15. The average molecular weight is 314 g/mol. The van der Waals surface area contributed by atoms with Crippen LogP contribution in [0.4, 0.5) is 4.79 Å². The maximum Gasteiger partial charge on any atom is 0.410 e. The molecule has 0 saturated carbocycles. The fourth-order valence-electron chi connectivity index (χ4n) is 3.10. The predicted molar refractivity (Wildman–Crippen MR) is 84.0 cm³/mol. The van der Waals surface area contributed by atoms with E-state index in [2.05, 4.69) is 12.2 Å². The number of carbonyl (C=O) groups is 1. The number of nitrogens with one attached hydrogen (secondary N) is 1. The van der Waals surface area contributed by atoms with Crippen LogP contribution in [0.2, 0.25) is 0 Å². The molecule has 0 radical (unpaired) electrons. The van der Waals surface area contributed by atoms with Gasteiger partial charge >= 0.3 is 6.09 Å². The minimum Gasteiger partial charge on any atom is -0.444 e. The molecule has 1 amide bonds. The van der Waals surface area contributed by atoms with Crippen molar-refractivity contribution in [3.63, 3.8) is 0 Å². The van der Waals surface area contributed by atoms with Crippen LogP contribution in [0.25, 0.3) is 0 Å². The molecular formula is C16H30N2O4. The molecule has 6 heteroatoms. The summed E-state index contributed by atoms with van der Waals surface area (Å²) in [6.07, 6.45) is 2.03. The monoisotopic (exact) mass is 314 g/mol. The van der Waals surface area contributed by atoms with Crippen LogP contribution in [-0.4, -0.2) is 67.7 Å². The van der Waals surface area contributed by atoms with Gasteiger partial charge in [-0.05, 0) is 40.5 Å². The van der Waals surface area contributed by atoms with Crippen LogP contribution in [-0.2, 0) is 14.2 Å². The van der Waals surface area contributed by atoms with Gasteiger partial charge in [0.25, 0.3) is 0 Å². The third-order valence-electron chi connectivity index (χ3n) is 4.16. The van der Waals surface area contributed by atoms with Gasteiger partial charge in [0.05, 0.1) is 24.8 Å². The van der Waals surface area contributed by atoms with Gasteiger partial charge in [-0.3, -0.25) is 0 Å². The molecule has 3 unspecified atom stereocenters. The zero-order valence-corrected chi connectivity index (χ0v) is 14.4. The van der Waals surface area contributed by atoms with Gasteiger partial charge in [-0.2, -0.15) is 0 Å². The van der Waals surface area contributed by atoms with Crippen molar-refractivity contribution in [2.24, 2.45) is 0 Å². The lowest BCUT2D eigenvalue weighted by Crippen LogP contribution is -2.49. The summed E-state index contributed by atoms with van der Waals surface area (Å²) < 4.78 is 16.6. The molecule has 2 rings (SSSR count). The molecular weight excluding hydrogens is 284 g/mol. The standard InChI is InChI=1S/C16H30N2O4/c1-11-8-12(6-7-21-11)17-13-9-18(10-14(13)20-5)15(19)22-16(2,3)4/h11-14,17H,6-10H2,1-5H3/t11?,12?,13?,14-/m0/s1. The van der Waals surface area contributed by atoms with Crippen LogP contribution in [0.5, 0.6) is 0 Å². The third kappa shape index (κ3) is 4.83. The number of nitrogens with zero attached hydrogens (tertiary/aromatic N) is 1. The van der Waals surface area contributed by atoms with Gasteiger partial charge in [0.2, 0.25) is 0 Å². The SMILES string of the molecule is CO[C@H]1CN(C(=O)OC(C)(C)C)CC1NC1CCOC(C)C1. The molecule has 4 atom stereocenters. The molecule has 0 spiro atoms. The minimum atomic E-state index is -0.471. The van der Waals surface area contributed by atoms with E-state index in [-0.39, 0.29) is 24.3 Å². The first kappa shape index (κ1) is 17.5. The highest BCUT2D eigenvalue weighted by molar-refractivity contribution is 5.68. The summed E-state index contributed by atoms with van der Waals surface area (Å²) in [5.41, 5.74) is -0.471. The number of likely N-dealkylation sites (tertiary alicyclic amines) is 1. The number of amides is 1. The van der Waals surface area contributed by atoms with Crippen LogP contribution >= 0.6 is 0 Å². The fraction of sp³-hybridized carbons (Fsp3) is 0.938. The van der Waals surface area contributed by atoms with Gasteiger partial charge in [-0.1, -0.05) is 0 Å². The summed E-state index contributed by atoms with van der Waals surface area (Å²) in [5, 5.41) is 3.64. The van der Waals surface area contributed by atoms with E-state index in [4.69, 9.17) is 14.2 Å². The molecule has 0 bridgehead atoms. The normalized spacial score (nSPS) is 33.0. The Morgan fingerprint density at radius 1 is 1.32 bits per heavy atom. The van der Waals surface area contributed by atoms with Crippen LogP contribution < -0.4 is 5.32 Å². The summed E-state index contributed by atoms with van der Waals surface area (Å²) in [7, 11) is 1.70. The molecule has 0 aromatic carbocycles. The molecule has 6 nitrogen and oxygen atoms in total. The number of hydrogen-bond acceptors (Lipinski definition) is 5. The Morgan fingerprint density at radius 2 is 2.05 bits per heavy atom. The second-order valence-electron chi connectivity index (χ2n) is 7.34. The Kier molecular flexibility index (Phi) is 5.69. The average Bonchev–Trinajstić information content (AvgIpc) is 2.80. The first-order chi connectivity index (χ1) is 10.3. The van der Waals surface area contributed by atoms with Crippen molar-refractivity contribution in [3.8, 4) is 0 Å². The summed E-state index contributed by atoms with van der Waals surface area (Å²) in [6.45, 7) is 9.74. The van der Waals surface area contributed by atoms with E-state index in [9.17, 15) is 4.79 Å². The molecule has 2 aliphatic rings. The fourth-order valence-corrected chi connectivity index (χ4v) is 3.10. The van der Waals surface area contributed by atoms with Crippen LogP contribution in [0.15, 0.2) is 0 Å². The highest BCUT2D eigenvalue weighted by Gasteiger charge is 2.38. The molecule has 2 heterocycles. The molecule has 2 saturated heterocycles. The van der Waals surface area contributed by atoms with Gasteiger partial charge in [-0.15, -0.1) is 0 Å². The summed E-state index contributed by atoms with van der Waals surface area (Å²) in [4.78, 5) is 13.9. The first-order valence-electron chi connectivity index (χ1n) is 8.17. The highest BCUT2D eigenvalue weighted by atomic mass is 16.6. The largest absolute Gasteiger partial charge is 0.444 e. The van der Waals surface area contributed by atoms with Gasteiger partial charge in [0.15, 0.2) is 0 Å². The Labute approximate surface area is 133 Å². The molecule has 0 aromatic heterocycles. The summed E-state index contributed by atoms with van der Waals surface area (Å²) in [5.74, 6) is 0. The van der Waals surface area contributed by atoms with Crippen molar-refractivity contribution in [1.29, 1.82) is 0 Å². The van der Waals surface area contributed by atoms with Crippen molar-refractivity contribution in [1.82, 2.24) is 10.2 Å². The second-order valence-corrected chi connectivity index (χ2v) is 7.34. The van der Waals surface area contributed by atoms with Gasteiger partial charge < -0.3 is 24.4 Å². The molecule has 1 N–H and O–H groups in total. The topological polar surface area (TPSA) is 60.0 Å². The number of carbonyl (C=O) groups excluding carboxylic acids is 1.